The molecule has 1 spiro atoms. The van der Waals surface area contributed by atoms with E-state index in [1.807, 2.05) is 0 Å². The summed E-state index contributed by atoms with van der Waals surface area (Å²) in [4.78, 5) is 2.57. The standard InChI is InChI=1S/C14H28N2O/c1-4-15-13-5-10-17-14(11-13)6-8-16(9-7-14)12(2)3/h12-13,15H,4-11H2,1-3H3/t13-/m0/s1. The van der Waals surface area contributed by atoms with Gasteiger partial charge < -0.3 is 15.0 Å². The summed E-state index contributed by atoms with van der Waals surface area (Å²) in [7, 11) is 0. The van der Waals surface area contributed by atoms with Crippen molar-refractivity contribution in [2.24, 2.45) is 0 Å². The molecule has 0 radical (unpaired) electrons. The Labute approximate surface area is 106 Å². The maximum Gasteiger partial charge on any atom is 0.0721 e. The maximum absolute atomic E-state index is 6.14. The molecule has 0 bridgehead atoms. The van der Waals surface area contributed by atoms with Gasteiger partial charge in [0, 0.05) is 31.8 Å². The average molecular weight is 240 g/mol. The molecule has 17 heavy (non-hydrogen) atoms. The molecule has 100 valence electrons. The predicted octanol–water partition coefficient (Wildman–Crippen LogP) is 2.02. The molecule has 0 aromatic heterocycles. The lowest BCUT2D eigenvalue weighted by molar-refractivity contribution is -0.122. The van der Waals surface area contributed by atoms with Crippen molar-refractivity contribution in [3.8, 4) is 0 Å². The second kappa shape index (κ2) is 5.68. The lowest BCUT2D eigenvalue weighted by Gasteiger charge is -2.47. The lowest BCUT2D eigenvalue weighted by atomic mass is 9.82. The van der Waals surface area contributed by atoms with Crippen molar-refractivity contribution in [2.75, 3.05) is 26.2 Å². The molecule has 0 unspecified atom stereocenters. The highest BCUT2D eigenvalue weighted by Gasteiger charge is 2.40. The van der Waals surface area contributed by atoms with Crippen molar-refractivity contribution < 1.29 is 4.74 Å². The van der Waals surface area contributed by atoms with Crippen LogP contribution in [0.15, 0.2) is 0 Å². The Morgan fingerprint density at radius 3 is 2.65 bits per heavy atom. The van der Waals surface area contributed by atoms with E-state index in [0.29, 0.717) is 12.1 Å². The Hall–Kier alpha value is -0.120. The number of ether oxygens (including phenoxy) is 1. The van der Waals surface area contributed by atoms with Crippen molar-refractivity contribution in [3.63, 3.8) is 0 Å². The molecule has 2 aliphatic rings. The van der Waals surface area contributed by atoms with E-state index in [4.69, 9.17) is 4.74 Å². The fourth-order valence-corrected chi connectivity index (χ4v) is 3.29. The fourth-order valence-electron chi connectivity index (χ4n) is 3.29. The minimum absolute atomic E-state index is 0.191. The van der Waals surface area contributed by atoms with Crippen LogP contribution in [0.2, 0.25) is 0 Å². The van der Waals surface area contributed by atoms with Crippen molar-refractivity contribution >= 4 is 0 Å². The summed E-state index contributed by atoms with van der Waals surface area (Å²) >= 11 is 0. The Bertz CT molecular complexity index is 232. The number of likely N-dealkylation sites (tertiary alicyclic amines) is 1. The largest absolute Gasteiger partial charge is 0.375 e. The molecular formula is C14H28N2O. The second-order valence-electron chi connectivity index (χ2n) is 5.91. The van der Waals surface area contributed by atoms with Gasteiger partial charge in [0.1, 0.15) is 0 Å². The van der Waals surface area contributed by atoms with Crippen molar-refractivity contribution in [1.29, 1.82) is 0 Å². The van der Waals surface area contributed by atoms with Crippen molar-refractivity contribution in [3.05, 3.63) is 0 Å². The third-order valence-corrected chi connectivity index (χ3v) is 4.43. The molecule has 0 aromatic carbocycles. The van der Waals surface area contributed by atoms with Gasteiger partial charge in [-0.1, -0.05) is 6.92 Å². The number of rotatable bonds is 3. The van der Waals surface area contributed by atoms with Gasteiger partial charge in [-0.25, -0.2) is 0 Å². The molecule has 2 saturated heterocycles. The van der Waals surface area contributed by atoms with Crippen LogP contribution < -0.4 is 5.32 Å². The molecule has 0 amide bonds. The zero-order valence-electron chi connectivity index (χ0n) is 11.7. The van der Waals surface area contributed by atoms with E-state index < -0.39 is 0 Å². The summed E-state index contributed by atoms with van der Waals surface area (Å²) < 4.78 is 6.14. The first-order valence-electron chi connectivity index (χ1n) is 7.26. The topological polar surface area (TPSA) is 24.5 Å². The van der Waals surface area contributed by atoms with E-state index in [0.717, 1.165) is 13.2 Å². The van der Waals surface area contributed by atoms with Gasteiger partial charge in [-0.3, -0.25) is 0 Å². The van der Waals surface area contributed by atoms with E-state index in [-0.39, 0.29) is 5.60 Å². The number of nitrogens with zero attached hydrogens (tertiary/aromatic N) is 1. The van der Waals surface area contributed by atoms with Crippen LogP contribution in [0.4, 0.5) is 0 Å². The van der Waals surface area contributed by atoms with E-state index in [1.54, 1.807) is 0 Å². The number of hydrogen-bond donors (Lipinski definition) is 1. The minimum Gasteiger partial charge on any atom is -0.375 e. The van der Waals surface area contributed by atoms with Gasteiger partial charge in [0.2, 0.25) is 0 Å². The molecule has 3 nitrogen and oxygen atoms in total. The van der Waals surface area contributed by atoms with Crippen molar-refractivity contribution in [2.45, 2.75) is 64.1 Å². The first-order valence-corrected chi connectivity index (χ1v) is 7.26. The van der Waals surface area contributed by atoms with Gasteiger partial charge >= 0.3 is 0 Å². The third-order valence-electron chi connectivity index (χ3n) is 4.43. The summed E-state index contributed by atoms with van der Waals surface area (Å²) in [5.74, 6) is 0. The maximum atomic E-state index is 6.14. The third kappa shape index (κ3) is 3.21. The Morgan fingerprint density at radius 2 is 2.06 bits per heavy atom. The summed E-state index contributed by atoms with van der Waals surface area (Å²) in [5.41, 5.74) is 0.191. The van der Waals surface area contributed by atoms with Gasteiger partial charge in [-0.2, -0.15) is 0 Å². The van der Waals surface area contributed by atoms with Gasteiger partial charge in [-0.15, -0.1) is 0 Å². The van der Waals surface area contributed by atoms with Crippen molar-refractivity contribution in [1.82, 2.24) is 10.2 Å². The Kier molecular flexibility index (Phi) is 4.45. The smallest absolute Gasteiger partial charge is 0.0721 e. The summed E-state index contributed by atoms with van der Waals surface area (Å²) in [6.07, 6.45) is 4.83. The average Bonchev–Trinajstić information content (AvgIpc) is 2.30. The highest BCUT2D eigenvalue weighted by Crippen LogP contribution is 2.35. The van der Waals surface area contributed by atoms with E-state index in [9.17, 15) is 0 Å². The zero-order chi connectivity index (χ0) is 12.3. The molecule has 0 saturated carbocycles. The number of hydrogen-bond acceptors (Lipinski definition) is 3. The van der Waals surface area contributed by atoms with Crippen LogP contribution in [0.5, 0.6) is 0 Å². The number of nitrogens with one attached hydrogen (secondary N) is 1. The molecular weight excluding hydrogens is 212 g/mol. The summed E-state index contributed by atoms with van der Waals surface area (Å²) in [5, 5.41) is 3.60. The molecule has 1 N–H and O–H groups in total. The molecule has 2 rings (SSSR count). The first kappa shape index (κ1) is 13.3. The summed E-state index contributed by atoms with van der Waals surface area (Å²) in [6.45, 7) is 11.2. The SMILES string of the molecule is CCN[C@H]1CCOC2(CCN(C(C)C)CC2)C1. The first-order chi connectivity index (χ1) is 8.15. The molecule has 0 aliphatic carbocycles. The Morgan fingerprint density at radius 1 is 1.35 bits per heavy atom. The molecule has 2 fully saturated rings. The molecule has 0 aromatic rings. The molecule has 2 heterocycles. The van der Waals surface area contributed by atoms with Crippen LogP contribution in [0.25, 0.3) is 0 Å². The second-order valence-corrected chi connectivity index (χ2v) is 5.91. The molecule has 2 aliphatic heterocycles. The summed E-state index contributed by atoms with van der Waals surface area (Å²) in [6, 6.07) is 1.36. The van der Waals surface area contributed by atoms with Crippen LogP contribution in [0.1, 0.15) is 46.5 Å². The minimum atomic E-state index is 0.191. The van der Waals surface area contributed by atoms with Crippen LogP contribution in [0.3, 0.4) is 0 Å². The van der Waals surface area contributed by atoms with E-state index >= 15 is 0 Å². The van der Waals surface area contributed by atoms with Gasteiger partial charge in [0.15, 0.2) is 0 Å². The predicted molar refractivity (Wildman–Crippen MR) is 71.3 cm³/mol. The number of piperidine rings is 1. The Balaban J connectivity index is 1.88. The van der Waals surface area contributed by atoms with Crippen LogP contribution in [0, 0.1) is 0 Å². The fraction of sp³-hybridized carbons (Fsp3) is 1.00. The normalized spacial score (nSPS) is 30.0. The van der Waals surface area contributed by atoms with Gasteiger partial charge in [0.25, 0.3) is 0 Å². The molecule has 3 heteroatoms. The zero-order valence-corrected chi connectivity index (χ0v) is 11.7. The van der Waals surface area contributed by atoms with Crippen LogP contribution in [-0.2, 0) is 4.74 Å². The van der Waals surface area contributed by atoms with Crippen LogP contribution >= 0.6 is 0 Å². The highest BCUT2D eigenvalue weighted by atomic mass is 16.5. The monoisotopic (exact) mass is 240 g/mol. The van der Waals surface area contributed by atoms with E-state index in [2.05, 4.69) is 31.0 Å². The quantitative estimate of drug-likeness (QED) is 0.817. The van der Waals surface area contributed by atoms with Gasteiger partial charge in [-0.05, 0) is 46.1 Å². The van der Waals surface area contributed by atoms with Gasteiger partial charge in [0.05, 0.1) is 5.60 Å². The highest BCUT2D eigenvalue weighted by molar-refractivity contribution is 4.94. The lowest BCUT2D eigenvalue weighted by Crippen LogP contribution is -2.53. The van der Waals surface area contributed by atoms with Crippen LogP contribution in [-0.4, -0.2) is 48.8 Å². The molecule has 1 atom stereocenters. The van der Waals surface area contributed by atoms with E-state index in [1.165, 1.54) is 38.8 Å².